The molecule has 9 heteroatoms. The van der Waals surface area contributed by atoms with Crippen LogP contribution in [0, 0.1) is 0 Å². The third kappa shape index (κ3) is 5.97. The van der Waals surface area contributed by atoms with Gasteiger partial charge in [-0.05, 0) is 43.6 Å². The fourth-order valence-electron chi connectivity index (χ4n) is 3.68. The molecular weight excluding hydrogens is 413 g/mol. The van der Waals surface area contributed by atoms with Crippen molar-refractivity contribution in [1.29, 1.82) is 0 Å². The molecule has 166 valence electrons. The van der Waals surface area contributed by atoms with Gasteiger partial charge in [0.1, 0.15) is 11.8 Å². The number of carboxylic acid groups (broad SMARTS) is 1. The lowest BCUT2D eigenvalue weighted by atomic mass is 10.00. The molecule has 0 radical (unpaired) electrons. The maximum atomic E-state index is 12.6. The Hall–Kier alpha value is -3.07. The van der Waals surface area contributed by atoms with Crippen molar-refractivity contribution in [2.75, 3.05) is 13.6 Å². The summed E-state index contributed by atoms with van der Waals surface area (Å²) in [6, 6.07) is 10.8. The lowest BCUT2D eigenvalue weighted by molar-refractivity contribution is -0.274. The highest BCUT2D eigenvalue weighted by Gasteiger charge is 2.32. The molecule has 1 aliphatic rings. The van der Waals surface area contributed by atoms with Gasteiger partial charge < -0.3 is 15.2 Å². The molecule has 0 aliphatic carbocycles. The third-order valence-corrected chi connectivity index (χ3v) is 5.26. The summed E-state index contributed by atoms with van der Waals surface area (Å²) in [6.45, 7) is 0.789. The number of likely N-dealkylation sites (tertiary alicyclic amines) is 1. The number of nitrogens with one attached hydrogen (secondary N) is 1. The van der Waals surface area contributed by atoms with Crippen molar-refractivity contribution in [1.82, 2.24) is 10.2 Å². The number of carbonyl (C=O) groups excluding carboxylic acids is 1. The summed E-state index contributed by atoms with van der Waals surface area (Å²) in [6.07, 6.45) is -3.19. The fraction of sp³-hybridized carbons (Fsp3) is 0.364. The summed E-state index contributed by atoms with van der Waals surface area (Å²) in [7, 11) is 1.83. The number of alkyl halides is 3. The lowest BCUT2D eigenvalue weighted by Crippen LogP contribution is -2.49. The molecule has 1 aliphatic heterocycles. The SMILES string of the molecule is CN1CCC[C@H]1C(=O)N[C@@H](Cc1ccc(-c2ccccc2OC(F)(F)F)cc1)C(=O)O. The largest absolute Gasteiger partial charge is 0.573 e. The van der Waals surface area contributed by atoms with Crippen molar-refractivity contribution in [3.63, 3.8) is 0 Å². The van der Waals surface area contributed by atoms with Crippen LogP contribution in [-0.2, 0) is 16.0 Å². The van der Waals surface area contributed by atoms with Crippen molar-refractivity contribution >= 4 is 11.9 Å². The van der Waals surface area contributed by atoms with E-state index in [1.165, 1.54) is 18.2 Å². The van der Waals surface area contributed by atoms with Crippen molar-refractivity contribution in [2.24, 2.45) is 0 Å². The first-order chi connectivity index (χ1) is 14.6. The highest BCUT2D eigenvalue weighted by Crippen LogP contribution is 2.33. The first-order valence-electron chi connectivity index (χ1n) is 9.81. The van der Waals surface area contributed by atoms with Crippen molar-refractivity contribution in [3.05, 3.63) is 54.1 Å². The Morgan fingerprint density at radius 1 is 1.19 bits per heavy atom. The number of amides is 1. The van der Waals surface area contributed by atoms with E-state index in [0.29, 0.717) is 17.5 Å². The van der Waals surface area contributed by atoms with Gasteiger partial charge in [-0.15, -0.1) is 13.2 Å². The number of halogens is 3. The Balaban J connectivity index is 1.72. The maximum Gasteiger partial charge on any atom is 0.573 e. The normalized spacial score (nSPS) is 17.9. The van der Waals surface area contributed by atoms with Gasteiger partial charge in [-0.25, -0.2) is 4.79 Å². The molecule has 6 nitrogen and oxygen atoms in total. The first kappa shape index (κ1) is 22.6. The zero-order valence-electron chi connectivity index (χ0n) is 16.9. The Kier molecular flexibility index (Phi) is 6.84. The van der Waals surface area contributed by atoms with Crippen LogP contribution in [0.2, 0.25) is 0 Å². The molecular formula is C22H23F3N2O4. The number of nitrogens with zero attached hydrogens (tertiary/aromatic N) is 1. The second-order valence-corrected chi connectivity index (χ2v) is 7.48. The molecule has 1 amide bonds. The molecule has 2 atom stereocenters. The van der Waals surface area contributed by atoms with Gasteiger partial charge in [-0.3, -0.25) is 9.69 Å². The number of likely N-dealkylation sites (N-methyl/N-ethyl adjacent to an activating group) is 1. The topological polar surface area (TPSA) is 78.9 Å². The average Bonchev–Trinajstić information content (AvgIpc) is 3.13. The Morgan fingerprint density at radius 3 is 2.45 bits per heavy atom. The Bertz CT molecular complexity index is 931. The summed E-state index contributed by atoms with van der Waals surface area (Å²) in [5, 5.41) is 12.1. The van der Waals surface area contributed by atoms with E-state index in [1.807, 2.05) is 11.9 Å². The van der Waals surface area contributed by atoms with Crippen molar-refractivity contribution in [2.45, 2.75) is 37.7 Å². The summed E-state index contributed by atoms with van der Waals surface area (Å²) < 4.78 is 42.0. The van der Waals surface area contributed by atoms with E-state index in [4.69, 9.17) is 0 Å². The van der Waals surface area contributed by atoms with E-state index in [-0.39, 0.29) is 29.7 Å². The minimum Gasteiger partial charge on any atom is -0.480 e. The van der Waals surface area contributed by atoms with Crippen LogP contribution < -0.4 is 10.1 Å². The molecule has 0 saturated carbocycles. The maximum absolute atomic E-state index is 12.6. The van der Waals surface area contributed by atoms with Crippen LogP contribution in [0.4, 0.5) is 13.2 Å². The van der Waals surface area contributed by atoms with E-state index in [2.05, 4.69) is 10.1 Å². The summed E-state index contributed by atoms with van der Waals surface area (Å²) in [5.74, 6) is -1.79. The lowest BCUT2D eigenvalue weighted by Gasteiger charge is -2.22. The highest BCUT2D eigenvalue weighted by molar-refractivity contribution is 5.87. The van der Waals surface area contributed by atoms with E-state index >= 15 is 0 Å². The van der Waals surface area contributed by atoms with Crippen LogP contribution in [0.3, 0.4) is 0 Å². The molecule has 31 heavy (non-hydrogen) atoms. The standard InChI is InChI=1S/C22H23F3N2O4/c1-27-12-4-6-18(27)20(28)26-17(21(29)30)13-14-8-10-15(11-9-14)16-5-2-3-7-19(16)31-22(23,24)25/h2-3,5,7-11,17-18H,4,6,12-13H2,1H3,(H,26,28)(H,29,30)/t17-,18-/m0/s1. The average molecular weight is 436 g/mol. The van der Waals surface area contributed by atoms with Crippen LogP contribution >= 0.6 is 0 Å². The van der Waals surface area contributed by atoms with E-state index in [0.717, 1.165) is 13.0 Å². The van der Waals surface area contributed by atoms with Gasteiger partial charge in [0, 0.05) is 12.0 Å². The van der Waals surface area contributed by atoms with E-state index in [9.17, 15) is 27.9 Å². The Labute approximate surface area is 177 Å². The van der Waals surface area contributed by atoms with Crippen LogP contribution in [0.5, 0.6) is 5.75 Å². The number of aliphatic carboxylic acids is 1. The fourth-order valence-corrected chi connectivity index (χ4v) is 3.68. The minimum absolute atomic E-state index is 0.0541. The number of hydrogen-bond donors (Lipinski definition) is 2. The molecule has 0 aromatic heterocycles. The van der Waals surface area contributed by atoms with Gasteiger partial charge in [-0.2, -0.15) is 0 Å². The van der Waals surface area contributed by atoms with Gasteiger partial charge in [0.15, 0.2) is 0 Å². The number of carbonyl (C=O) groups is 2. The van der Waals surface area contributed by atoms with E-state index < -0.39 is 18.4 Å². The monoisotopic (exact) mass is 436 g/mol. The zero-order chi connectivity index (χ0) is 22.6. The van der Waals surface area contributed by atoms with Gasteiger partial charge in [0.25, 0.3) is 0 Å². The van der Waals surface area contributed by atoms with Crippen LogP contribution in [0.25, 0.3) is 11.1 Å². The first-order valence-corrected chi connectivity index (χ1v) is 9.81. The molecule has 2 aromatic rings. The number of para-hydroxylation sites is 1. The second kappa shape index (κ2) is 9.38. The smallest absolute Gasteiger partial charge is 0.480 e. The second-order valence-electron chi connectivity index (χ2n) is 7.48. The van der Waals surface area contributed by atoms with Crippen molar-refractivity contribution in [3.8, 4) is 16.9 Å². The molecule has 2 aromatic carbocycles. The van der Waals surface area contributed by atoms with Gasteiger partial charge in [0.2, 0.25) is 5.91 Å². The van der Waals surface area contributed by atoms with Crippen LogP contribution in [-0.4, -0.2) is 53.9 Å². The van der Waals surface area contributed by atoms with Gasteiger partial charge in [0.05, 0.1) is 6.04 Å². The Morgan fingerprint density at radius 2 is 1.87 bits per heavy atom. The summed E-state index contributed by atoms with van der Waals surface area (Å²) >= 11 is 0. The number of rotatable bonds is 7. The molecule has 0 unspecified atom stereocenters. The zero-order valence-corrected chi connectivity index (χ0v) is 16.9. The number of carboxylic acids is 1. The van der Waals surface area contributed by atoms with Crippen molar-refractivity contribution < 1.29 is 32.6 Å². The number of ether oxygens (including phenoxy) is 1. The highest BCUT2D eigenvalue weighted by atomic mass is 19.4. The van der Waals surface area contributed by atoms with Crippen LogP contribution in [0.1, 0.15) is 18.4 Å². The van der Waals surface area contributed by atoms with Gasteiger partial charge in [-0.1, -0.05) is 42.5 Å². The molecule has 3 rings (SSSR count). The number of hydrogen-bond acceptors (Lipinski definition) is 4. The molecule has 0 bridgehead atoms. The third-order valence-electron chi connectivity index (χ3n) is 5.26. The minimum atomic E-state index is -4.81. The van der Waals surface area contributed by atoms with Crippen LogP contribution in [0.15, 0.2) is 48.5 Å². The molecule has 2 N–H and O–H groups in total. The molecule has 1 fully saturated rings. The predicted octanol–water partition coefficient (Wildman–Crippen LogP) is 3.46. The predicted molar refractivity (Wildman–Crippen MR) is 107 cm³/mol. The number of benzene rings is 2. The summed E-state index contributed by atoms with van der Waals surface area (Å²) in [5.41, 5.74) is 1.39. The molecule has 0 spiro atoms. The summed E-state index contributed by atoms with van der Waals surface area (Å²) in [4.78, 5) is 26.0. The molecule has 1 saturated heterocycles. The van der Waals surface area contributed by atoms with Gasteiger partial charge >= 0.3 is 12.3 Å². The van der Waals surface area contributed by atoms with E-state index in [1.54, 1.807) is 30.3 Å². The molecule has 1 heterocycles. The quantitative estimate of drug-likeness (QED) is 0.695.